The summed E-state index contributed by atoms with van der Waals surface area (Å²) in [5.41, 5.74) is 8.56. The number of fused-ring (bicyclic) bond motifs is 1. The largest absolute Gasteiger partial charge is 0.321 e. The first kappa shape index (κ1) is 8.00. The predicted octanol–water partition coefficient (Wildman–Crippen LogP) is 1.52. The van der Waals surface area contributed by atoms with Crippen LogP contribution in [0.4, 0.5) is 0 Å². The summed E-state index contributed by atoms with van der Waals surface area (Å²) in [5, 5.41) is 5.46. The zero-order valence-electron chi connectivity index (χ0n) is 8.20. The van der Waals surface area contributed by atoms with Gasteiger partial charge in [0.2, 0.25) is 0 Å². The fraction of sp³-hybridized carbons (Fsp3) is 0.364. The van der Waals surface area contributed by atoms with Crippen LogP contribution in [-0.4, -0.2) is 9.78 Å². The van der Waals surface area contributed by atoms with Crippen molar-refractivity contribution in [2.45, 2.75) is 18.4 Å². The molecule has 0 spiro atoms. The van der Waals surface area contributed by atoms with E-state index >= 15 is 0 Å². The minimum Gasteiger partial charge on any atom is -0.321 e. The molecule has 14 heavy (non-hydrogen) atoms. The predicted molar refractivity (Wildman–Crippen MR) is 55.8 cm³/mol. The molecule has 0 bridgehead atoms. The third-order valence-corrected chi connectivity index (χ3v) is 3.12. The van der Waals surface area contributed by atoms with Crippen LogP contribution in [0.3, 0.4) is 0 Å². The van der Waals surface area contributed by atoms with Crippen molar-refractivity contribution < 1.29 is 0 Å². The summed E-state index contributed by atoms with van der Waals surface area (Å²) < 4.78 is 1.89. The van der Waals surface area contributed by atoms with E-state index in [2.05, 4.69) is 23.3 Å². The van der Waals surface area contributed by atoms with E-state index < -0.39 is 0 Å². The Labute approximate surface area is 82.5 Å². The monoisotopic (exact) mass is 187 g/mol. The lowest BCUT2D eigenvalue weighted by Gasteiger charge is -2.09. The molecular formula is C11H13N3. The molecular weight excluding hydrogens is 174 g/mol. The van der Waals surface area contributed by atoms with Gasteiger partial charge in [-0.05, 0) is 24.5 Å². The highest BCUT2D eigenvalue weighted by atomic mass is 15.2. The highest BCUT2D eigenvalue weighted by Crippen LogP contribution is 2.45. The quantitative estimate of drug-likeness (QED) is 0.735. The molecule has 3 heteroatoms. The average Bonchev–Trinajstić information content (AvgIpc) is 2.83. The van der Waals surface area contributed by atoms with Crippen LogP contribution in [0.2, 0.25) is 0 Å². The number of nitrogens with zero attached hydrogens (tertiary/aromatic N) is 2. The fourth-order valence-corrected chi connectivity index (χ4v) is 2.02. The molecule has 1 aromatic heterocycles. The van der Waals surface area contributed by atoms with Gasteiger partial charge >= 0.3 is 0 Å². The van der Waals surface area contributed by atoms with E-state index in [1.54, 1.807) is 0 Å². The van der Waals surface area contributed by atoms with Crippen LogP contribution < -0.4 is 5.73 Å². The molecule has 3 rings (SSSR count). The topological polar surface area (TPSA) is 43.8 Å². The third-order valence-electron chi connectivity index (χ3n) is 3.12. The highest BCUT2D eigenvalue weighted by Gasteiger charge is 2.41. The molecule has 0 amide bonds. The smallest absolute Gasteiger partial charge is 0.0682 e. The van der Waals surface area contributed by atoms with Crippen LogP contribution in [-0.2, 0) is 12.6 Å². The molecule has 0 atom stereocenters. The number of hydrogen-bond acceptors (Lipinski definition) is 2. The molecule has 1 aliphatic rings. The number of nitrogens with two attached hydrogens (primary N) is 1. The first-order chi connectivity index (χ1) is 6.71. The number of aryl methyl sites for hydroxylation is 1. The lowest BCUT2D eigenvalue weighted by atomic mass is 10.0. The Balaban J connectivity index is 2.34. The van der Waals surface area contributed by atoms with Gasteiger partial charge in [-0.1, -0.05) is 12.1 Å². The molecule has 1 saturated carbocycles. The van der Waals surface area contributed by atoms with Crippen molar-refractivity contribution in [2.24, 2.45) is 12.8 Å². The van der Waals surface area contributed by atoms with Crippen molar-refractivity contribution in [3.05, 3.63) is 30.0 Å². The molecule has 1 aliphatic carbocycles. The maximum atomic E-state index is 6.21. The van der Waals surface area contributed by atoms with Crippen LogP contribution in [0.25, 0.3) is 10.9 Å². The Morgan fingerprint density at radius 3 is 2.93 bits per heavy atom. The van der Waals surface area contributed by atoms with E-state index in [0.29, 0.717) is 0 Å². The molecule has 2 aromatic rings. The van der Waals surface area contributed by atoms with Crippen molar-refractivity contribution in [2.75, 3.05) is 0 Å². The maximum absolute atomic E-state index is 6.21. The van der Waals surface area contributed by atoms with E-state index in [-0.39, 0.29) is 5.54 Å². The summed E-state index contributed by atoms with van der Waals surface area (Å²) >= 11 is 0. The van der Waals surface area contributed by atoms with Crippen molar-refractivity contribution in [3.8, 4) is 0 Å². The summed E-state index contributed by atoms with van der Waals surface area (Å²) in [6.45, 7) is 0. The SMILES string of the molecule is Cn1ncc2c(C3(N)CC3)cccc21. The average molecular weight is 187 g/mol. The normalized spacial score (nSPS) is 18.7. The van der Waals surface area contributed by atoms with Crippen molar-refractivity contribution in [3.63, 3.8) is 0 Å². The zero-order chi connectivity index (χ0) is 9.76. The van der Waals surface area contributed by atoms with Crippen molar-refractivity contribution in [1.82, 2.24) is 9.78 Å². The number of rotatable bonds is 1. The molecule has 0 unspecified atom stereocenters. The van der Waals surface area contributed by atoms with Crippen molar-refractivity contribution >= 4 is 10.9 Å². The standard InChI is InChI=1S/C11H13N3/c1-14-10-4-2-3-9(8(10)7-13-14)11(12)5-6-11/h2-4,7H,5-6,12H2,1H3. The van der Waals surface area contributed by atoms with Crippen LogP contribution in [0, 0.1) is 0 Å². The molecule has 1 fully saturated rings. The maximum Gasteiger partial charge on any atom is 0.0682 e. The molecule has 0 aliphatic heterocycles. The van der Waals surface area contributed by atoms with Gasteiger partial charge < -0.3 is 5.73 Å². The lowest BCUT2D eigenvalue weighted by molar-refractivity contribution is 0.748. The number of aromatic nitrogens is 2. The Morgan fingerprint density at radius 2 is 2.21 bits per heavy atom. The second-order valence-electron chi connectivity index (χ2n) is 4.16. The lowest BCUT2D eigenvalue weighted by Crippen LogP contribution is -2.18. The second kappa shape index (κ2) is 2.36. The van der Waals surface area contributed by atoms with Crippen LogP contribution >= 0.6 is 0 Å². The van der Waals surface area contributed by atoms with Gasteiger partial charge in [0.25, 0.3) is 0 Å². The Kier molecular flexibility index (Phi) is 1.35. The highest BCUT2D eigenvalue weighted by molar-refractivity contribution is 5.83. The summed E-state index contributed by atoms with van der Waals surface area (Å²) in [4.78, 5) is 0. The summed E-state index contributed by atoms with van der Waals surface area (Å²) in [6, 6.07) is 6.26. The van der Waals surface area contributed by atoms with Crippen LogP contribution in [0.5, 0.6) is 0 Å². The minimum atomic E-state index is -0.0669. The second-order valence-corrected chi connectivity index (χ2v) is 4.16. The Bertz CT molecular complexity index is 494. The third kappa shape index (κ3) is 0.930. The van der Waals surface area contributed by atoms with E-state index in [0.717, 1.165) is 12.8 Å². The molecule has 0 saturated heterocycles. The van der Waals surface area contributed by atoms with E-state index in [9.17, 15) is 0 Å². The van der Waals surface area contributed by atoms with Gasteiger partial charge in [0, 0.05) is 18.0 Å². The van der Waals surface area contributed by atoms with Gasteiger partial charge in [-0.25, -0.2) is 0 Å². The minimum absolute atomic E-state index is 0.0669. The molecule has 2 N–H and O–H groups in total. The van der Waals surface area contributed by atoms with Gasteiger partial charge in [0.05, 0.1) is 11.7 Å². The Hall–Kier alpha value is -1.35. The van der Waals surface area contributed by atoms with Crippen LogP contribution in [0.15, 0.2) is 24.4 Å². The molecule has 72 valence electrons. The molecule has 3 nitrogen and oxygen atoms in total. The van der Waals surface area contributed by atoms with Gasteiger partial charge in [-0.15, -0.1) is 0 Å². The van der Waals surface area contributed by atoms with Gasteiger partial charge in [-0.3, -0.25) is 4.68 Å². The first-order valence-corrected chi connectivity index (χ1v) is 4.91. The van der Waals surface area contributed by atoms with Crippen LogP contribution in [0.1, 0.15) is 18.4 Å². The Morgan fingerprint density at radius 1 is 1.43 bits per heavy atom. The number of benzene rings is 1. The fourth-order valence-electron chi connectivity index (χ4n) is 2.02. The summed E-state index contributed by atoms with van der Waals surface area (Å²) in [5.74, 6) is 0. The van der Waals surface area contributed by atoms with E-state index in [1.165, 1.54) is 16.5 Å². The van der Waals surface area contributed by atoms with Gasteiger partial charge in [-0.2, -0.15) is 5.10 Å². The van der Waals surface area contributed by atoms with Gasteiger partial charge in [0.1, 0.15) is 0 Å². The van der Waals surface area contributed by atoms with E-state index in [1.807, 2.05) is 17.9 Å². The molecule has 1 heterocycles. The van der Waals surface area contributed by atoms with Gasteiger partial charge in [0.15, 0.2) is 0 Å². The summed E-state index contributed by atoms with van der Waals surface area (Å²) in [7, 11) is 1.96. The summed E-state index contributed by atoms with van der Waals surface area (Å²) in [6.07, 6.45) is 4.11. The zero-order valence-corrected chi connectivity index (χ0v) is 8.20. The number of hydrogen-bond donors (Lipinski definition) is 1. The molecule has 0 radical (unpaired) electrons. The van der Waals surface area contributed by atoms with Crippen molar-refractivity contribution in [1.29, 1.82) is 0 Å². The van der Waals surface area contributed by atoms with E-state index in [4.69, 9.17) is 5.73 Å². The molecule has 1 aromatic carbocycles. The first-order valence-electron chi connectivity index (χ1n) is 4.91.